The van der Waals surface area contributed by atoms with Crippen LogP contribution in [0.3, 0.4) is 0 Å². The van der Waals surface area contributed by atoms with Crippen LogP contribution in [-0.4, -0.2) is 23.3 Å². The average molecular weight is 245 g/mol. The third-order valence-corrected chi connectivity index (χ3v) is 2.85. The van der Waals surface area contributed by atoms with Gasteiger partial charge in [-0.25, -0.2) is 9.18 Å². The Morgan fingerprint density at radius 2 is 2.33 bits per heavy atom. The molecule has 0 saturated carbocycles. The van der Waals surface area contributed by atoms with Crippen molar-refractivity contribution < 1.29 is 9.18 Å². The lowest BCUT2D eigenvalue weighted by Gasteiger charge is -2.23. The maximum atomic E-state index is 13.1. The zero-order chi connectivity index (χ0) is 13.3. The maximum Gasteiger partial charge on any atom is 0.346 e. The van der Waals surface area contributed by atoms with Crippen LogP contribution in [0.15, 0.2) is 23.2 Å². The van der Waals surface area contributed by atoms with Crippen LogP contribution in [0.1, 0.15) is 17.2 Å². The standard InChI is InChI=1S/C13H12FN3O/c1-3-6-17-11(12(15)16-13(17)18)10-5-4-9(14)7-8(10)2/h1,4-5,7,11H,6H2,2H3,(H2,15,16,18). The molecule has 0 fully saturated rings. The number of urea groups is 1. The molecule has 2 rings (SSSR count). The smallest absolute Gasteiger partial charge is 0.346 e. The van der Waals surface area contributed by atoms with Gasteiger partial charge in [0.25, 0.3) is 0 Å². The van der Waals surface area contributed by atoms with Gasteiger partial charge in [0, 0.05) is 0 Å². The highest BCUT2D eigenvalue weighted by molar-refractivity contribution is 6.03. The highest BCUT2D eigenvalue weighted by atomic mass is 19.1. The average Bonchev–Trinajstić information content (AvgIpc) is 2.56. The number of nitrogens with two attached hydrogens (primary N) is 1. The first kappa shape index (κ1) is 12.1. The molecule has 0 aromatic heterocycles. The molecule has 1 aliphatic heterocycles. The van der Waals surface area contributed by atoms with Crippen molar-refractivity contribution in [2.75, 3.05) is 6.54 Å². The van der Waals surface area contributed by atoms with E-state index in [0.717, 1.165) is 5.56 Å². The van der Waals surface area contributed by atoms with Gasteiger partial charge in [0.2, 0.25) is 0 Å². The van der Waals surface area contributed by atoms with Gasteiger partial charge in [-0.15, -0.1) is 6.42 Å². The molecule has 5 heteroatoms. The molecule has 0 spiro atoms. The molecule has 1 heterocycles. The molecule has 1 unspecified atom stereocenters. The van der Waals surface area contributed by atoms with Crippen LogP contribution < -0.4 is 5.73 Å². The molecule has 1 aliphatic rings. The van der Waals surface area contributed by atoms with E-state index in [4.69, 9.17) is 12.2 Å². The Kier molecular flexibility index (Phi) is 3.02. The molecule has 1 aromatic rings. The van der Waals surface area contributed by atoms with E-state index in [1.165, 1.54) is 17.0 Å². The lowest BCUT2D eigenvalue weighted by molar-refractivity contribution is 0.213. The first-order valence-corrected chi connectivity index (χ1v) is 5.38. The quantitative estimate of drug-likeness (QED) is 0.804. The zero-order valence-electron chi connectivity index (χ0n) is 9.85. The Morgan fingerprint density at radius 3 is 2.94 bits per heavy atom. The summed E-state index contributed by atoms with van der Waals surface area (Å²) >= 11 is 0. The van der Waals surface area contributed by atoms with Crippen molar-refractivity contribution in [2.45, 2.75) is 13.0 Å². The summed E-state index contributed by atoms with van der Waals surface area (Å²) in [5, 5.41) is 0. The lowest BCUT2D eigenvalue weighted by Crippen LogP contribution is -2.34. The van der Waals surface area contributed by atoms with E-state index in [0.29, 0.717) is 5.56 Å². The number of amidine groups is 1. The number of aryl methyl sites for hydroxylation is 1. The highest BCUT2D eigenvalue weighted by Gasteiger charge is 2.34. The largest absolute Gasteiger partial charge is 0.385 e. The predicted octanol–water partition coefficient (Wildman–Crippen LogP) is 1.60. The number of benzene rings is 1. The van der Waals surface area contributed by atoms with Crippen molar-refractivity contribution in [2.24, 2.45) is 10.7 Å². The van der Waals surface area contributed by atoms with Crippen molar-refractivity contribution >= 4 is 11.9 Å². The SMILES string of the molecule is C#CCN1C(=O)N=C(N)C1c1ccc(F)cc1C. The van der Waals surface area contributed by atoms with Crippen LogP contribution in [-0.2, 0) is 0 Å². The normalized spacial score (nSPS) is 18.7. The summed E-state index contributed by atoms with van der Waals surface area (Å²) in [6, 6.07) is 3.35. The molecular formula is C13H12FN3O. The van der Waals surface area contributed by atoms with Crippen molar-refractivity contribution in [3.8, 4) is 12.3 Å². The van der Waals surface area contributed by atoms with Gasteiger partial charge in [0.15, 0.2) is 0 Å². The Morgan fingerprint density at radius 1 is 1.61 bits per heavy atom. The highest BCUT2D eigenvalue weighted by Crippen LogP contribution is 2.29. The molecule has 0 bridgehead atoms. The van der Waals surface area contributed by atoms with Gasteiger partial charge in [-0.3, -0.25) is 4.90 Å². The van der Waals surface area contributed by atoms with Gasteiger partial charge in [-0.05, 0) is 30.2 Å². The zero-order valence-corrected chi connectivity index (χ0v) is 9.85. The van der Waals surface area contributed by atoms with Gasteiger partial charge in [0.1, 0.15) is 17.7 Å². The van der Waals surface area contributed by atoms with Crippen molar-refractivity contribution in [3.05, 3.63) is 35.1 Å². The molecule has 18 heavy (non-hydrogen) atoms. The van der Waals surface area contributed by atoms with Crippen molar-refractivity contribution in [1.29, 1.82) is 0 Å². The molecule has 1 atom stereocenters. The number of carbonyl (C=O) groups is 1. The summed E-state index contributed by atoms with van der Waals surface area (Å²) in [4.78, 5) is 16.7. The summed E-state index contributed by atoms with van der Waals surface area (Å²) in [6.45, 7) is 1.87. The fourth-order valence-electron chi connectivity index (χ4n) is 2.04. The van der Waals surface area contributed by atoms with E-state index < -0.39 is 12.1 Å². The number of rotatable bonds is 2. The van der Waals surface area contributed by atoms with E-state index in [2.05, 4.69) is 10.9 Å². The number of nitrogens with zero attached hydrogens (tertiary/aromatic N) is 2. The fourth-order valence-corrected chi connectivity index (χ4v) is 2.04. The predicted molar refractivity (Wildman–Crippen MR) is 66.4 cm³/mol. The molecule has 92 valence electrons. The summed E-state index contributed by atoms with van der Waals surface area (Å²) in [5.41, 5.74) is 7.19. The Bertz CT molecular complexity index is 574. The summed E-state index contributed by atoms with van der Waals surface area (Å²) in [7, 11) is 0. The maximum absolute atomic E-state index is 13.1. The number of amides is 2. The topological polar surface area (TPSA) is 58.7 Å². The van der Waals surface area contributed by atoms with Gasteiger partial charge in [-0.1, -0.05) is 12.0 Å². The van der Waals surface area contributed by atoms with Gasteiger partial charge < -0.3 is 5.73 Å². The minimum atomic E-state index is -0.505. The number of aliphatic imine (C=N–C) groups is 1. The van der Waals surface area contributed by atoms with Crippen molar-refractivity contribution in [1.82, 2.24) is 4.90 Å². The molecule has 2 N–H and O–H groups in total. The van der Waals surface area contributed by atoms with Gasteiger partial charge in [0.05, 0.1) is 6.54 Å². The summed E-state index contributed by atoms with van der Waals surface area (Å²) < 4.78 is 13.1. The van der Waals surface area contributed by atoms with Crippen LogP contribution in [0, 0.1) is 25.1 Å². The Balaban J connectivity index is 2.45. The molecular weight excluding hydrogens is 233 g/mol. The Labute approximate surface area is 104 Å². The van der Waals surface area contributed by atoms with Crippen LogP contribution in [0.5, 0.6) is 0 Å². The monoisotopic (exact) mass is 245 g/mol. The summed E-state index contributed by atoms with van der Waals surface area (Å²) in [5.74, 6) is 2.24. The number of hydrogen-bond donors (Lipinski definition) is 1. The third-order valence-electron chi connectivity index (χ3n) is 2.85. The second-order valence-corrected chi connectivity index (χ2v) is 4.05. The number of terminal acetylenes is 1. The molecule has 0 saturated heterocycles. The number of hydrogen-bond acceptors (Lipinski definition) is 2. The Hall–Kier alpha value is -2.35. The van der Waals surface area contributed by atoms with E-state index in [9.17, 15) is 9.18 Å². The third kappa shape index (κ3) is 1.93. The van der Waals surface area contributed by atoms with Crippen LogP contribution >= 0.6 is 0 Å². The first-order valence-electron chi connectivity index (χ1n) is 5.38. The minimum absolute atomic E-state index is 0.116. The molecule has 2 amide bonds. The van der Waals surface area contributed by atoms with E-state index >= 15 is 0 Å². The molecule has 1 aromatic carbocycles. The van der Waals surface area contributed by atoms with E-state index in [1.807, 2.05) is 0 Å². The second-order valence-electron chi connectivity index (χ2n) is 4.05. The van der Waals surface area contributed by atoms with Crippen LogP contribution in [0.2, 0.25) is 0 Å². The number of carbonyl (C=O) groups excluding carboxylic acids is 1. The molecule has 0 radical (unpaired) electrons. The second kappa shape index (κ2) is 4.49. The van der Waals surface area contributed by atoms with Gasteiger partial charge in [-0.2, -0.15) is 4.99 Å². The van der Waals surface area contributed by atoms with Crippen LogP contribution in [0.4, 0.5) is 9.18 Å². The number of halogens is 1. The van der Waals surface area contributed by atoms with Crippen molar-refractivity contribution in [3.63, 3.8) is 0 Å². The van der Waals surface area contributed by atoms with E-state index in [1.54, 1.807) is 13.0 Å². The minimum Gasteiger partial charge on any atom is -0.385 e. The molecule has 0 aliphatic carbocycles. The van der Waals surface area contributed by atoms with Crippen LogP contribution in [0.25, 0.3) is 0 Å². The van der Waals surface area contributed by atoms with E-state index in [-0.39, 0.29) is 18.2 Å². The first-order chi connectivity index (χ1) is 8.54. The summed E-state index contributed by atoms with van der Waals surface area (Å²) in [6.07, 6.45) is 5.22. The van der Waals surface area contributed by atoms with Gasteiger partial charge >= 0.3 is 6.03 Å². The molecule has 4 nitrogen and oxygen atoms in total. The fraction of sp³-hybridized carbons (Fsp3) is 0.231. The lowest BCUT2D eigenvalue weighted by atomic mass is 10.00.